The van der Waals surface area contributed by atoms with Gasteiger partial charge in [0.1, 0.15) is 0 Å². The van der Waals surface area contributed by atoms with Crippen molar-refractivity contribution >= 4 is 28.9 Å². The Kier molecular flexibility index (Phi) is 5.21. The number of carbonyl (C=O) groups is 1. The summed E-state index contributed by atoms with van der Waals surface area (Å²) in [5, 5.41) is 23.9. The number of aliphatic hydroxyl groups excluding tert-OH is 2. The summed E-state index contributed by atoms with van der Waals surface area (Å²) in [6.45, 7) is -0.122. The van der Waals surface area contributed by atoms with Gasteiger partial charge in [-0.05, 0) is 30.3 Å². The van der Waals surface area contributed by atoms with Crippen molar-refractivity contribution in [2.24, 2.45) is 0 Å². The zero-order valence-corrected chi connectivity index (χ0v) is 11.8. The second kappa shape index (κ2) is 7.12. The van der Waals surface area contributed by atoms with E-state index in [1.165, 1.54) is 6.26 Å². The molecule has 0 aliphatic heterocycles. The summed E-state index contributed by atoms with van der Waals surface area (Å²) in [4.78, 5) is 11.8. The lowest BCUT2D eigenvalue weighted by Crippen LogP contribution is -2.22. The first kappa shape index (κ1) is 15.4. The van der Waals surface area contributed by atoms with Gasteiger partial charge >= 0.3 is 0 Å². The van der Waals surface area contributed by atoms with Crippen LogP contribution in [0.2, 0.25) is 5.02 Å². The van der Waals surface area contributed by atoms with Gasteiger partial charge in [0.2, 0.25) is 0 Å². The van der Waals surface area contributed by atoms with E-state index in [0.29, 0.717) is 16.4 Å². The minimum atomic E-state index is -0.845. The highest BCUT2D eigenvalue weighted by atomic mass is 35.5. The molecule has 0 spiro atoms. The Hall–Kier alpha value is -2.02. The van der Waals surface area contributed by atoms with Crippen LogP contribution in [0.1, 0.15) is 10.6 Å². The second-order valence-corrected chi connectivity index (χ2v) is 4.75. The normalized spacial score (nSPS) is 12.0. The lowest BCUT2D eigenvalue weighted by molar-refractivity contribution is 0.0996. The maximum atomic E-state index is 11.8. The number of hydrogen-bond acceptors (Lipinski definition) is 5. The third-order valence-corrected chi connectivity index (χ3v) is 3.03. The first-order chi connectivity index (χ1) is 10.1. The quantitative estimate of drug-likeness (QED) is 0.654. The minimum absolute atomic E-state index is 0.194. The summed E-state index contributed by atoms with van der Waals surface area (Å²) in [7, 11) is 0. The number of aliphatic hydroxyl groups is 2. The van der Waals surface area contributed by atoms with Crippen LogP contribution in [0.3, 0.4) is 0 Å². The third-order valence-electron chi connectivity index (χ3n) is 2.71. The molecule has 4 N–H and O–H groups in total. The summed E-state index contributed by atoms with van der Waals surface area (Å²) in [6, 6.07) is 8.12. The van der Waals surface area contributed by atoms with Crippen LogP contribution in [0, 0.1) is 0 Å². The Morgan fingerprint density at radius 1 is 1.38 bits per heavy atom. The molecule has 1 heterocycles. The summed E-state index contributed by atoms with van der Waals surface area (Å²) in [6.07, 6.45) is 0.567. The molecular weight excluding hydrogens is 296 g/mol. The molecule has 112 valence electrons. The van der Waals surface area contributed by atoms with Crippen LogP contribution in [0.25, 0.3) is 0 Å². The fourth-order valence-corrected chi connectivity index (χ4v) is 1.85. The van der Waals surface area contributed by atoms with Crippen LogP contribution in [0.15, 0.2) is 41.0 Å². The fourth-order valence-electron chi connectivity index (χ4n) is 1.62. The highest BCUT2D eigenvalue weighted by molar-refractivity contribution is 6.34. The Labute approximate surface area is 126 Å². The molecule has 6 nitrogen and oxygen atoms in total. The van der Waals surface area contributed by atoms with Crippen molar-refractivity contribution in [3.05, 3.63) is 47.4 Å². The lowest BCUT2D eigenvalue weighted by atomic mass is 10.2. The highest BCUT2D eigenvalue weighted by Gasteiger charge is 2.11. The van der Waals surface area contributed by atoms with Crippen molar-refractivity contribution in [1.29, 1.82) is 0 Å². The van der Waals surface area contributed by atoms with E-state index >= 15 is 0 Å². The van der Waals surface area contributed by atoms with Crippen molar-refractivity contribution in [3.63, 3.8) is 0 Å². The van der Waals surface area contributed by atoms with Gasteiger partial charge < -0.3 is 25.3 Å². The van der Waals surface area contributed by atoms with Gasteiger partial charge in [0.05, 0.1) is 29.7 Å². The van der Waals surface area contributed by atoms with Crippen LogP contribution < -0.4 is 10.6 Å². The predicted molar refractivity (Wildman–Crippen MR) is 79.7 cm³/mol. The van der Waals surface area contributed by atoms with Crippen LogP contribution >= 0.6 is 11.6 Å². The van der Waals surface area contributed by atoms with Gasteiger partial charge in [-0.25, -0.2) is 0 Å². The molecule has 0 radical (unpaired) electrons. The van der Waals surface area contributed by atoms with Gasteiger partial charge in [-0.1, -0.05) is 11.6 Å². The number of nitrogens with one attached hydrogen (secondary N) is 2. The van der Waals surface area contributed by atoms with E-state index in [0.717, 1.165) is 0 Å². The summed E-state index contributed by atoms with van der Waals surface area (Å²) < 4.78 is 4.99. The third kappa shape index (κ3) is 4.22. The molecule has 21 heavy (non-hydrogen) atoms. The van der Waals surface area contributed by atoms with Gasteiger partial charge in [0.25, 0.3) is 5.91 Å². The molecule has 0 bridgehead atoms. The Morgan fingerprint density at radius 2 is 2.19 bits per heavy atom. The maximum Gasteiger partial charge on any atom is 0.291 e. The molecule has 1 unspecified atom stereocenters. The maximum absolute atomic E-state index is 11.8. The Balaban J connectivity index is 2.00. The number of halogens is 1. The number of hydrogen-bond donors (Lipinski definition) is 4. The van der Waals surface area contributed by atoms with Gasteiger partial charge in [-0.3, -0.25) is 4.79 Å². The molecule has 1 atom stereocenters. The summed E-state index contributed by atoms with van der Waals surface area (Å²) in [5.74, 6) is -0.197. The van der Waals surface area contributed by atoms with E-state index in [1.807, 2.05) is 0 Å². The zero-order valence-electron chi connectivity index (χ0n) is 11.0. The molecule has 1 aromatic carbocycles. The monoisotopic (exact) mass is 310 g/mol. The molecule has 7 heteroatoms. The average molecular weight is 311 g/mol. The number of rotatable bonds is 6. The van der Waals surface area contributed by atoms with Crippen LogP contribution in [0.4, 0.5) is 11.4 Å². The van der Waals surface area contributed by atoms with Crippen LogP contribution in [-0.2, 0) is 0 Å². The molecule has 0 aliphatic rings. The van der Waals surface area contributed by atoms with E-state index in [1.54, 1.807) is 30.3 Å². The summed E-state index contributed by atoms with van der Waals surface area (Å²) in [5.41, 5.74) is 1.12. The first-order valence-electron chi connectivity index (χ1n) is 6.27. The van der Waals surface area contributed by atoms with E-state index < -0.39 is 12.0 Å². The van der Waals surface area contributed by atoms with Crippen molar-refractivity contribution in [3.8, 4) is 0 Å². The van der Waals surface area contributed by atoms with Gasteiger partial charge in [-0.15, -0.1) is 0 Å². The standard InChI is InChI=1S/C14H15ClN2O4/c15-11-6-9(16-7-10(19)8-18)3-4-12(11)17-14(20)13-2-1-5-21-13/h1-6,10,16,18-19H,7-8H2,(H,17,20). The largest absolute Gasteiger partial charge is 0.459 e. The predicted octanol–water partition coefficient (Wildman–Crippen LogP) is 1.95. The molecule has 0 fully saturated rings. The molecule has 1 amide bonds. The molecule has 2 aromatic rings. The molecule has 0 saturated heterocycles. The van der Waals surface area contributed by atoms with Crippen LogP contribution in [-0.4, -0.2) is 35.4 Å². The number of benzene rings is 1. The molecule has 1 aromatic heterocycles. The molecule has 0 aliphatic carbocycles. The SMILES string of the molecule is O=C(Nc1ccc(NCC(O)CO)cc1Cl)c1ccco1. The van der Waals surface area contributed by atoms with Crippen LogP contribution in [0.5, 0.6) is 0 Å². The fraction of sp³-hybridized carbons (Fsp3) is 0.214. The highest BCUT2D eigenvalue weighted by Crippen LogP contribution is 2.26. The number of carbonyl (C=O) groups excluding carboxylic acids is 1. The number of furan rings is 1. The van der Waals surface area contributed by atoms with Gasteiger partial charge in [-0.2, -0.15) is 0 Å². The van der Waals surface area contributed by atoms with Crippen molar-refractivity contribution in [2.75, 3.05) is 23.8 Å². The Morgan fingerprint density at radius 3 is 2.81 bits per heavy atom. The van der Waals surface area contributed by atoms with E-state index in [-0.39, 0.29) is 18.9 Å². The first-order valence-corrected chi connectivity index (χ1v) is 6.65. The smallest absolute Gasteiger partial charge is 0.291 e. The van der Waals surface area contributed by atoms with E-state index in [2.05, 4.69) is 10.6 Å². The van der Waals surface area contributed by atoms with Gasteiger partial charge in [0.15, 0.2) is 5.76 Å². The lowest BCUT2D eigenvalue weighted by Gasteiger charge is -2.12. The van der Waals surface area contributed by atoms with Gasteiger partial charge in [0, 0.05) is 12.2 Å². The number of amides is 1. The summed E-state index contributed by atoms with van der Waals surface area (Å²) >= 11 is 6.09. The Bertz CT molecular complexity index is 601. The van der Waals surface area contributed by atoms with E-state index in [9.17, 15) is 9.90 Å². The van der Waals surface area contributed by atoms with Crippen molar-refractivity contribution in [1.82, 2.24) is 0 Å². The zero-order chi connectivity index (χ0) is 15.2. The van der Waals surface area contributed by atoms with E-state index in [4.69, 9.17) is 21.1 Å². The molecule has 2 rings (SSSR count). The second-order valence-electron chi connectivity index (χ2n) is 4.34. The molecular formula is C14H15ClN2O4. The van der Waals surface area contributed by atoms with Crippen molar-refractivity contribution in [2.45, 2.75) is 6.10 Å². The topological polar surface area (TPSA) is 94.7 Å². The number of anilines is 2. The van der Waals surface area contributed by atoms with Crippen molar-refractivity contribution < 1.29 is 19.4 Å². The average Bonchev–Trinajstić information content (AvgIpc) is 3.01. The minimum Gasteiger partial charge on any atom is -0.459 e. The molecule has 0 saturated carbocycles.